The summed E-state index contributed by atoms with van der Waals surface area (Å²) in [4.78, 5) is 11.8. The summed E-state index contributed by atoms with van der Waals surface area (Å²) < 4.78 is 10.8. The second-order valence-corrected chi connectivity index (χ2v) is 3.86. The van der Waals surface area contributed by atoms with Crippen LogP contribution in [0.2, 0.25) is 0 Å². The average Bonchev–Trinajstić information content (AvgIpc) is 2.37. The molecule has 3 nitrogen and oxygen atoms in total. The van der Waals surface area contributed by atoms with Gasteiger partial charge in [-0.15, -0.1) is 0 Å². The van der Waals surface area contributed by atoms with Gasteiger partial charge in [-0.25, -0.2) is 4.79 Å². The molecule has 90 valence electrons. The predicted octanol–water partition coefficient (Wildman–Crippen LogP) is 2.85. The maximum Gasteiger partial charge on any atom is 0.337 e. The van der Waals surface area contributed by atoms with Crippen LogP contribution in [0.5, 0.6) is 5.75 Å². The molecular weight excluding hydrogens is 216 g/mol. The molecule has 0 aromatic heterocycles. The lowest BCUT2D eigenvalue weighted by atomic mass is 9.99. The molecular formula is C14H16O3. The number of carbonyl (C=O) groups is 1. The number of rotatable bonds is 3. The monoisotopic (exact) mass is 232 g/mol. The highest BCUT2D eigenvalue weighted by atomic mass is 16.5. The SMILES string of the molecule is CCOC(=O)C1=C(CC)Oc2ccccc2C1. The Balaban J connectivity index is 2.31. The van der Waals surface area contributed by atoms with Gasteiger partial charge >= 0.3 is 5.97 Å². The van der Waals surface area contributed by atoms with E-state index < -0.39 is 0 Å². The van der Waals surface area contributed by atoms with Crippen LogP contribution in [0.15, 0.2) is 35.6 Å². The molecule has 0 N–H and O–H groups in total. The number of benzene rings is 1. The quantitative estimate of drug-likeness (QED) is 0.752. The van der Waals surface area contributed by atoms with E-state index in [-0.39, 0.29) is 5.97 Å². The van der Waals surface area contributed by atoms with Crippen molar-refractivity contribution in [3.63, 3.8) is 0 Å². The van der Waals surface area contributed by atoms with Gasteiger partial charge in [0.1, 0.15) is 11.5 Å². The van der Waals surface area contributed by atoms with Crippen LogP contribution in [0, 0.1) is 0 Å². The normalized spacial score (nSPS) is 14.0. The first-order chi connectivity index (χ1) is 8.26. The predicted molar refractivity (Wildman–Crippen MR) is 64.7 cm³/mol. The number of hydrogen-bond donors (Lipinski definition) is 0. The third-order valence-electron chi connectivity index (χ3n) is 2.75. The average molecular weight is 232 g/mol. The number of para-hydroxylation sites is 1. The van der Waals surface area contributed by atoms with Crippen molar-refractivity contribution in [2.75, 3.05) is 6.61 Å². The highest BCUT2D eigenvalue weighted by Crippen LogP contribution is 2.31. The van der Waals surface area contributed by atoms with E-state index in [9.17, 15) is 4.79 Å². The van der Waals surface area contributed by atoms with Crippen molar-refractivity contribution in [3.8, 4) is 5.75 Å². The number of allylic oxidation sites excluding steroid dienone is 1. The Morgan fingerprint density at radius 2 is 2.12 bits per heavy atom. The number of esters is 1. The van der Waals surface area contributed by atoms with Gasteiger partial charge in [-0.1, -0.05) is 25.1 Å². The Kier molecular flexibility index (Phi) is 3.47. The van der Waals surface area contributed by atoms with Gasteiger partial charge < -0.3 is 9.47 Å². The van der Waals surface area contributed by atoms with Crippen LogP contribution < -0.4 is 4.74 Å². The van der Waals surface area contributed by atoms with Crippen molar-refractivity contribution in [2.24, 2.45) is 0 Å². The summed E-state index contributed by atoms with van der Waals surface area (Å²) in [6.07, 6.45) is 1.29. The standard InChI is InChI=1S/C14H16O3/c1-3-12-11(14(15)16-4-2)9-10-7-5-6-8-13(10)17-12/h5-8H,3-4,9H2,1-2H3. The minimum absolute atomic E-state index is 0.265. The van der Waals surface area contributed by atoms with Gasteiger partial charge in [0.25, 0.3) is 0 Å². The van der Waals surface area contributed by atoms with Crippen LogP contribution in [0.3, 0.4) is 0 Å². The molecule has 3 heteroatoms. The largest absolute Gasteiger partial charge is 0.463 e. The molecule has 1 heterocycles. The minimum atomic E-state index is -0.265. The van der Waals surface area contributed by atoms with Gasteiger partial charge in [0.05, 0.1) is 12.2 Å². The first-order valence-electron chi connectivity index (χ1n) is 5.91. The van der Waals surface area contributed by atoms with Gasteiger partial charge in [-0.05, 0) is 18.6 Å². The molecule has 0 unspecified atom stereocenters. The second-order valence-electron chi connectivity index (χ2n) is 3.86. The van der Waals surface area contributed by atoms with E-state index in [1.807, 2.05) is 38.1 Å². The van der Waals surface area contributed by atoms with Crippen molar-refractivity contribution >= 4 is 5.97 Å². The third kappa shape index (κ3) is 2.33. The second kappa shape index (κ2) is 5.04. The number of ether oxygens (including phenoxy) is 2. The van der Waals surface area contributed by atoms with Gasteiger partial charge in [-0.2, -0.15) is 0 Å². The summed E-state index contributed by atoms with van der Waals surface area (Å²) in [5, 5.41) is 0. The first-order valence-corrected chi connectivity index (χ1v) is 5.91. The van der Waals surface area contributed by atoms with Gasteiger partial charge in [0, 0.05) is 12.8 Å². The number of carbonyl (C=O) groups excluding carboxylic acids is 1. The van der Waals surface area contributed by atoms with Gasteiger partial charge in [0.2, 0.25) is 0 Å². The van der Waals surface area contributed by atoms with Crippen LogP contribution in [0.4, 0.5) is 0 Å². The molecule has 1 aromatic carbocycles. The Labute approximate surface area is 101 Å². The van der Waals surface area contributed by atoms with E-state index in [1.54, 1.807) is 0 Å². The Hall–Kier alpha value is -1.77. The van der Waals surface area contributed by atoms with Gasteiger partial charge in [-0.3, -0.25) is 0 Å². The summed E-state index contributed by atoms with van der Waals surface area (Å²) in [6.45, 7) is 4.17. The summed E-state index contributed by atoms with van der Waals surface area (Å²) in [6, 6.07) is 7.78. The number of fused-ring (bicyclic) bond motifs is 1. The zero-order chi connectivity index (χ0) is 12.3. The van der Waals surface area contributed by atoms with E-state index in [2.05, 4.69) is 0 Å². The minimum Gasteiger partial charge on any atom is -0.463 e. The van der Waals surface area contributed by atoms with E-state index in [4.69, 9.17) is 9.47 Å². The summed E-state index contributed by atoms with van der Waals surface area (Å²) >= 11 is 0. The highest BCUT2D eigenvalue weighted by molar-refractivity contribution is 5.90. The summed E-state index contributed by atoms with van der Waals surface area (Å²) in [5.41, 5.74) is 1.68. The van der Waals surface area contributed by atoms with Crippen LogP contribution >= 0.6 is 0 Å². The molecule has 1 aliphatic heterocycles. The van der Waals surface area contributed by atoms with Crippen molar-refractivity contribution in [1.82, 2.24) is 0 Å². The zero-order valence-electron chi connectivity index (χ0n) is 10.2. The lowest BCUT2D eigenvalue weighted by molar-refractivity contribution is -0.138. The molecule has 0 atom stereocenters. The van der Waals surface area contributed by atoms with Crippen LogP contribution in [0.1, 0.15) is 25.8 Å². The molecule has 17 heavy (non-hydrogen) atoms. The molecule has 0 fully saturated rings. The van der Waals surface area contributed by atoms with Crippen molar-refractivity contribution in [1.29, 1.82) is 0 Å². The molecule has 0 spiro atoms. The fourth-order valence-corrected chi connectivity index (χ4v) is 1.92. The van der Waals surface area contributed by atoms with Crippen molar-refractivity contribution in [2.45, 2.75) is 26.7 Å². The topological polar surface area (TPSA) is 35.5 Å². The van der Waals surface area contributed by atoms with E-state index >= 15 is 0 Å². The summed E-state index contributed by atoms with van der Waals surface area (Å²) in [5.74, 6) is 1.30. The molecule has 1 aliphatic rings. The van der Waals surface area contributed by atoms with Crippen LogP contribution in [-0.4, -0.2) is 12.6 Å². The molecule has 0 bridgehead atoms. The molecule has 0 aliphatic carbocycles. The Morgan fingerprint density at radius 1 is 1.35 bits per heavy atom. The molecule has 1 aromatic rings. The molecule has 0 amide bonds. The maximum atomic E-state index is 11.8. The zero-order valence-corrected chi connectivity index (χ0v) is 10.2. The third-order valence-corrected chi connectivity index (χ3v) is 2.75. The Bertz CT molecular complexity index is 460. The molecule has 0 radical (unpaired) electrons. The van der Waals surface area contributed by atoms with E-state index in [0.29, 0.717) is 25.0 Å². The summed E-state index contributed by atoms with van der Waals surface area (Å²) in [7, 11) is 0. The molecule has 0 saturated heterocycles. The molecule has 0 saturated carbocycles. The van der Waals surface area contributed by atoms with Gasteiger partial charge in [0.15, 0.2) is 0 Å². The lowest BCUT2D eigenvalue weighted by Crippen LogP contribution is -2.18. The fraction of sp³-hybridized carbons (Fsp3) is 0.357. The first kappa shape index (κ1) is 11.7. The fourth-order valence-electron chi connectivity index (χ4n) is 1.92. The van der Waals surface area contributed by atoms with E-state index in [0.717, 1.165) is 17.1 Å². The van der Waals surface area contributed by atoms with Crippen molar-refractivity contribution < 1.29 is 14.3 Å². The molecule has 2 rings (SSSR count). The van der Waals surface area contributed by atoms with E-state index in [1.165, 1.54) is 0 Å². The maximum absolute atomic E-state index is 11.8. The lowest BCUT2D eigenvalue weighted by Gasteiger charge is -2.21. The van der Waals surface area contributed by atoms with Crippen LogP contribution in [-0.2, 0) is 16.0 Å². The van der Waals surface area contributed by atoms with Crippen molar-refractivity contribution in [3.05, 3.63) is 41.2 Å². The smallest absolute Gasteiger partial charge is 0.337 e. The Morgan fingerprint density at radius 3 is 2.82 bits per heavy atom. The number of hydrogen-bond acceptors (Lipinski definition) is 3. The van der Waals surface area contributed by atoms with Crippen LogP contribution in [0.25, 0.3) is 0 Å². The highest BCUT2D eigenvalue weighted by Gasteiger charge is 2.24.